The lowest BCUT2D eigenvalue weighted by molar-refractivity contribution is 1.00. The van der Waals surface area contributed by atoms with E-state index in [1.54, 1.807) is 18.5 Å². The average Bonchev–Trinajstić information content (AvgIpc) is 2.38. The van der Waals surface area contributed by atoms with Crippen molar-refractivity contribution in [2.45, 2.75) is 6.54 Å². The van der Waals surface area contributed by atoms with Crippen LogP contribution in [0.5, 0.6) is 0 Å². The van der Waals surface area contributed by atoms with Crippen LogP contribution in [-0.4, -0.2) is 15.0 Å². The van der Waals surface area contributed by atoms with Gasteiger partial charge in [-0.2, -0.15) is 5.26 Å². The number of nitrogens with zero attached hydrogens (tertiary/aromatic N) is 4. The van der Waals surface area contributed by atoms with Crippen LogP contribution in [0.2, 0.25) is 0 Å². The maximum Gasteiger partial charge on any atom is 0.142 e. The average molecular weight is 211 g/mol. The van der Waals surface area contributed by atoms with Crippen molar-refractivity contribution >= 4 is 5.69 Å². The van der Waals surface area contributed by atoms with Crippen molar-refractivity contribution in [3.63, 3.8) is 0 Å². The Kier molecular flexibility index (Phi) is 3.04. The van der Waals surface area contributed by atoms with Crippen LogP contribution in [0.3, 0.4) is 0 Å². The van der Waals surface area contributed by atoms with Gasteiger partial charge in [0.15, 0.2) is 0 Å². The number of nitrogens with one attached hydrogen (secondary N) is 1. The highest BCUT2D eigenvalue weighted by atomic mass is 14.9. The Hall–Kier alpha value is -2.48. The molecule has 5 heteroatoms. The first-order chi connectivity index (χ1) is 7.88. The molecule has 0 saturated carbocycles. The monoisotopic (exact) mass is 211 g/mol. The summed E-state index contributed by atoms with van der Waals surface area (Å²) >= 11 is 0. The van der Waals surface area contributed by atoms with Crippen LogP contribution in [0.15, 0.2) is 36.9 Å². The summed E-state index contributed by atoms with van der Waals surface area (Å²) in [5, 5.41) is 11.8. The predicted octanol–water partition coefficient (Wildman–Crippen LogP) is 1.36. The van der Waals surface area contributed by atoms with Crippen LogP contribution in [0, 0.1) is 11.3 Å². The third kappa shape index (κ3) is 2.51. The van der Waals surface area contributed by atoms with Gasteiger partial charge in [0.05, 0.1) is 12.2 Å². The number of hydrogen-bond acceptors (Lipinski definition) is 5. The van der Waals surface area contributed by atoms with E-state index in [-0.39, 0.29) is 0 Å². The molecule has 0 spiro atoms. The molecule has 0 aliphatic heterocycles. The quantitative estimate of drug-likeness (QED) is 0.829. The second kappa shape index (κ2) is 4.84. The van der Waals surface area contributed by atoms with E-state index < -0.39 is 0 Å². The van der Waals surface area contributed by atoms with Gasteiger partial charge in [0.1, 0.15) is 18.1 Å². The molecule has 78 valence electrons. The van der Waals surface area contributed by atoms with Gasteiger partial charge in [-0.15, -0.1) is 0 Å². The number of hydrogen-bond donors (Lipinski definition) is 1. The van der Waals surface area contributed by atoms with E-state index in [4.69, 9.17) is 5.26 Å². The molecule has 0 radical (unpaired) electrons. The molecule has 0 saturated heterocycles. The zero-order chi connectivity index (χ0) is 11.2. The number of rotatable bonds is 3. The third-order valence-corrected chi connectivity index (χ3v) is 1.99. The van der Waals surface area contributed by atoms with Gasteiger partial charge in [0, 0.05) is 18.1 Å². The van der Waals surface area contributed by atoms with E-state index in [1.807, 2.05) is 18.2 Å². The lowest BCUT2D eigenvalue weighted by Crippen LogP contribution is -2.02. The Balaban J connectivity index is 2.03. The first-order valence-corrected chi connectivity index (χ1v) is 4.73. The summed E-state index contributed by atoms with van der Waals surface area (Å²) in [6.45, 7) is 0.595. The van der Waals surface area contributed by atoms with Crippen LogP contribution in [-0.2, 0) is 6.54 Å². The Morgan fingerprint density at radius 2 is 2.19 bits per heavy atom. The van der Waals surface area contributed by atoms with Gasteiger partial charge in [-0.05, 0) is 18.2 Å². The molecular weight excluding hydrogens is 202 g/mol. The fourth-order valence-electron chi connectivity index (χ4n) is 1.22. The number of nitriles is 1. The molecule has 2 aromatic heterocycles. The molecule has 0 aromatic carbocycles. The van der Waals surface area contributed by atoms with E-state index in [9.17, 15) is 0 Å². The highest BCUT2D eigenvalue weighted by molar-refractivity contribution is 5.45. The summed E-state index contributed by atoms with van der Waals surface area (Å²) in [6.07, 6.45) is 4.79. The number of pyridine rings is 1. The Labute approximate surface area is 92.8 Å². The molecular formula is C11H9N5. The zero-order valence-corrected chi connectivity index (χ0v) is 8.46. The molecule has 0 aliphatic carbocycles. The van der Waals surface area contributed by atoms with Crippen LogP contribution >= 0.6 is 0 Å². The second-order valence-electron chi connectivity index (χ2n) is 3.10. The highest BCUT2D eigenvalue weighted by Gasteiger charge is 1.96. The molecule has 0 amide bonds. The van der Waals surface area contributed by atoms with Crippen LogP contribution in [0.25, 0.3) is 0 Å². The second-order valence-corrected chi connectivity index (χ2v) is 3.10. The first kappa shape index (κ1) is 10.1. The summed E-state index contributed by atoms with van der Waals surface area (Å²) in [5.74, 6) is 0. The van der Waals surface area contributed by atoms with Gasteiger partial charge < -0.3 is 5.32 Å². The van der Waals surface area contributed by atoms with E-state index in [1.165, 1.54) is 6.33 Å². The summed E-state index contributed by atoms with van der Waals surface area (Å²) < 4.78 is 0. The fraction of sp³-hybridized carbons (Fsp3) is 0.0909. The van der Waals surface area contributed by atoms with Gasteiger partial charge in [-0.1, -0.05) is 0 Å². The van der Waals surface area contributed by atoms with Gasteiger partial charge in [0.25, 0.3) is 0 Å². The lowest BCUT2D eigenvalue weighted by Gasteiger charge is -2.04. The summed E-state index contributed by atoms with van der Waals surface area (Å²) in [5.41, 5.74) is 2.14. The van der Waals surface area contributed by atoms with Crippen molar-refractivity contribution in [1.82, 2.24) is 15.0 Å². The Morgan fingerprint density at radius 3 is 2.94 bits per heavy atom. The maximum absolute atomic E-state index is 8.69. The van der Waals surface area contributed by atoms with E-state index in [2.05, 4.69) is 20.3 Å². The van der Waals surface area contributed by atoms with Crippen LogP contribution < -0.4 is 5.32 Å². The van der Waals surface area contributed by atoms with Gasteiger partial charge in [0.2, 0.25) is 0 Å². The Bertz CT molecular complexity index is 503. The van der Waals surface area contributed by atoms with Crippen molar-refractivity contribution in [1.29, 1.82) is 5.26 Å². The van der Waals surface area contributed by atoms with Crippen molar-refractivity contribution < 1.29 is 0 Å². The van der Waals surface area contributed by atoms with Crippen molar-refractivity contribution in [2.75, 3.05) is 5.32 Å². The fourth-order valence-corrected chi connectivity index (χ4v) is 1.22. The van der Waals surface area contributed by atoms with Gasteiger partial charge in [-0.25, -0.2) is 15.0 Å². The molecule has 0 fully saturated rings. The zero-order valence-electron chi connectivity index (χ0n) is 8.46. The van der Waals surface area contributed by atoms with Crippen LogP contribution in [0.1, 0.15) is 11.4 Å². The molecule has 0 aliphatic rings. The van der Waals surface area contributed by atoms with Gasteiger partial charge >= 0.3 is 0 Å². The highest BCUT2D eigenvalue weighted by Crippen LogP contribution is 2.08. The summed E-state index contributed by atoms with van der Waals surface area (Å²) in [4.78, 5) is 11.8. The smallest absolute Gasteiger partial charge is 0.142 e. The number of anilines is 1. The molecule has 2 heterocycles. The third-order valence-electron chi connectivity index (χ3n) is 1.99. The van der Waals surface area contributed by atoms with E-state index >= 15 is 0 Å². The minimum absolute atomic E-state index is 0.396. The van der Waals surface area contributed by atoms with Crippen molar-refractivity contribution in [2.24, 2.45) is 0 Å². The number of aromatic nitrogens is 3. The molecule has 2 aromatic rings. The maximum atomic E-state index is 8.69. The SMILES string of the molecule is N#Cc1cc(NCc2ccncn2)ccn1. The normalized spacial score (nSPS) is 9.44. The summed E-state index contributed by atoms with van der Waals surface area (Å²) in [7, 11) is 0. The van der Waals surface area contributed by atoms with E-state index in [0.717, 1.165) is 11.4 Å². The Morgan fingerprint density at radius 1 is 1.25 bits per heavy atom. The molecule has 0 atom stereocenters. The first-order valence-electron chi connectivity index (χ1n) is 4.73. The lowest BCUT2D eigenvalue weighted by atomic mass is 10.3. The van der Waals surface area contributed by atoms with Gasteiger partial charge in [-0.3, -0.25) is 0 Å². The van der Waals surface area contributed by atoms with Crippen molar-refractivity contribution in [3.8, 4) is 6.07 Å². The minimum atomic E-state index is 0.396. The van der Waals surface area contributed by atoms with Crippen molar-refractivity contribution in [3.05, 3.63) is 48.3 Å². The molecule has 5 nitrogen and oxygen atoms in total. The molecule has 1 N–H and O–H groups in total. The molecule has 0 bridgehead atoms. The van der Waals surface area contributed by atoms with E-state index in [0.29, 0.717) is 12.2 Å². The molecule has 16 heavy (non-hydrogen) atoms. The molecule has 0 unspecified atom stereocenters. The largest absolute Gasteiger partial charge is 0.379 e. The standard InChI is InChI=1S/C11H9N5/c12-6-11-5-9(2-4-14-11)15-7-10-1-3-13-8-16-10/h1-5,8H,7H2,(H,14,15). The summed E-state index contributed by atoms with van der Waals surface area (Å²) in [6, 6.07) is 7.32. The minimum Gasteiger partial charge on any atom is -0.379 e. The topological polar surface area (TPSA) is 74.5 Å². The predicted molar refractivity (Wildman–Crippen MR) is 58.3 cm³/mol. The van der Waals surface area contributed by atoms with Crippen LogP contribution in [0.4, 0.5) is 5.69 Å². The molecule has 2 rings (SSSR count).